The molecule has 1 aromatic rings. The molecule has 0 amide bonds. The Labute approximate surface area is 101 Å². The first kappa shape index (κ1) is 14.3. The first-order valence-electron chi connectivity index (χ1n) is 5.03. The summed E-state index contributed by atoms with van der Waals surface area (Å²) in [5.41, 5.74) is 6.86. The lowest BCUT2D eigenvalue weighted by molar-refractivity contribution is -0.326. The smallest absolute Gasteiger partial charge is 0.460 e. The van der Waals surface area contributed by atoms with Crippen molar-refractivity contribution in [2.24, 2.45) is 0 Å². The predicted octanol–water partition coefficient (Wildman–Crippen LogP) is 2.27. The van der Waals surface area contributed by atoms with Crippen LogP contribution in [0, 0.1) is 6.92 Å². The lowest BCUT2D eigenvalue weighted by Gasteiger charge is -2.08. The van der Waals surface area contributed by atoms with Crippen LogP contribution in [0.4, 0.5) is 18.9 Å². The Morgan fingerprint density at radius 3 is 2.50 bits per heavy atom. The number of aryl methyl sites for hydroxylation is 1. The highest BCUT2D eigenvalue weighted by Crippen LogP contribution is 2.16. The van der Waals surface area contributed by atoms with Gasteiger partial charge in [0.05, 0.1) is 12.2 Å². The summed E-state index contributed by atoms with van der Waals surface area (Å²) in [7, 11) is 0. The highest BCUT2D eigenvalue weighted by atomic mass is 19.4. The van der Waals surface area contributed by atoms with E-state index in [1.807, 2.05) is 0 Å². The van der Waals surface area contributed by atoms with Gasteiger partial charge in [-0.1, -0.05) is 0 Å². The molecular weight excluding hydrogens is 251 g/mol. The van der Waals surface area contributed by atoms with Crippen LogP contribution in [0.1, 0.15) is 15.9 Å². The molecule has 0 aromatic heterocycles. The van der Waals surface area contributed by atoms with Gasteiger partial charge in [0.25, 0.3) is 0 Å². The molecule has 1 aromatic carbocycles. The molecule has 1 rings (SSSR count). The molecule has 0 aliphatic rings. The first-order valence-corrected chi connectivity index (χ1v) is 5.03. The SMILES string of the molecule is Cc1cc(N)cc(C(=O)OCCOC(F)(F)F)c1. The van der Waals surface area contributed by atoms with Gasteiger partial charge in [-0.2, -0.15) is 0 Å². The number of nitrogens with two attached hydrogens (primary N) is 1. The zero-order valence-corrected chi connectivity index (χ0v) is 9.58. The molecule has 0 spiro atoms. The number of halogens is 3. The maximum Gasteiger partial charge on any atom is 0.522 e. The van der Waals surface area contributed by atoms with Gasteiger partial charge in [-0.25, -0.2) is 4.79 Å². The monoisotopic (exact) mass is 263 g/mol. The van der Waals surface area contributed by atoms with E-state index in [9.17, 15) is 18.0 Å². The zero-order chi connectivity index (χ0) is 13.8. The number of hydrogen-bond donors (Lipinski definition) is 1. The maximum atomic E-state index is 11.6. The third-order valence-corrected chi connectivity index (χ3v) is 1.92. The van der Waals surface area contributed by atoms with Crippen molar-refractivity contribution in [1.29, 1.82) is 0 Å². The van der Waals surface area contributed by atoms with Crippen molar-refractivity contribution >= 4 is 11.7 Å². The highest BCUT2D eigenvalue weighted by Gasteiger charge is 2.28. The van der Waals surface area contributed by atoms with Crippen molar-refractivity contribution in [3.05, 3.63) is 29.3 Å². The summed E-state index contributed by atoms with van der Waals surface area (Å²) in [5, 5.41) is 0. The number of esters is 1. The molecule has 0 heterocycles. The molecule has 0 saturated carbocycles. The van der Waals surface area contributed by atoms with Crippen LogP contribution in [0.3, 0.4) is 0 Å². The molecule has 0 atom stereocenters. The topological polar surface area (TPSA) is 61.6 Å². The van der Waals surface area contributed by atoms with Crippen LogP contribution in [0.2, 0.25) is 0 Å². The third-order valence-electron chi connectivity index (χ3n) is 1.92. The Bertz CT molecular complexity index is 412. The number of rotatable bonds is 4. The summed E-state index contributed by atoms with van der Waals surface area (Å²) in [6, 6.07) is 4.58. The van der Waals surface area contributed by atoms with Gasteiger partial charge in [-0.15, -0.1) is 13.2 Å². The molecule has 0 saturated heterocycles. The van der Waals surface area contributed by atoms with Crippen molar-refractivity contribution in [2.75, 3.05) is 18.9 Å². The van der Waals surface area contributed by atoms with E-state index in [4.69, 9.17) is 5.73 Å². The lowest BCUT2D eigenvalue weighted by Crippen LogP contribution is -2.18. The third kappa shape index (κ3) is 5.05. The molecule has 100 valence electrons. The normalized spacial score (nSPS) is 11.3. The van der Waals surface area contributed by atoms with E-state index in [0.29, 0.717) is 5.69 Å². The van der Waals surface area contributed by atoms with Gasteiger partial charge in [-0.05, 0) is 30.7 Å². The van der Waals surface area contributed by atoms with Crippen LogP contribution in [0.15, 0.2) is 18.2 Å². The summed E-state index contributed by atoms with van der Waals surface area (Å²) in [5.74, 6) is -0.740. The minimum atomic E-state index is -4.72. The van der Waals surface area contributed by atoms with Crippen LogP contribution in [0.25, 0.3) is 0 Å². The average Bonchev–Trinajstić information content (AvgIpc) is 2.21. The van der Waals surface area contributed by atoms with Crippen molar-refractivity contribution in [2.45, 2.75) is 13.3 Å². The predicted molar refractivity (Wildman–Crippen MR) is 57.9 cm³/mol. The van der Waals surface area contributed by atoms with E-state index in [0.717, 1.165) is 5.56 Å². The molecule has 18 heavy (non-hydrogen) atoms. The summed E-state index contributed by atoms with van der Waals surface area (Å²) in [6.45, 7) is 0.516. The van der Waals surface area contributed by atoms with E-state index in [-0.39, 0.29) is 5.56 Å². The van der Waals surface area contributed by atoms with Crippen molar-refractivity contribution in [1.82, 2.24) is 0 Å². The van der Waals surface area contributed by atoms with Crippen LogP contribution in [0.5, 0.6) is 0 Å². The number of carbonyl (C=O) groups is 1. The number of nitrogen functional groups attached to an aromatic ring is 1. The van der Waals surface area contributed by atoms with Crippen molar-refractivity contribution in [3.63, 3.8) is 0 Å². The molecule has 4 nitrogen and oxygen atoms in total. The number of anilines is 1. The second-order valence-corrected chi connectivity index (χ2v) is 3.56. The van der Waals surface area contributed by atoms with Crippen LogP contribution in [-0.2, 0) is 9.47 Å². The van der Waals surface area contributed by atoms with E-state index in [2.05, 4.69) is 9.47 Å². The molecule has 7 heteroatoms. The highest BCUT2D eigenvalue weighted by molar-refractivity contribution is 5.90. The molecule has 0 unspecified atom stereocenters. The average molecular weight is 263 g/mol. The number of carbonyl (C=O) groups excluding carboxylic acids is 1. The molecular formula is C11H12F3NO3. The van der Waals surface area contributed by atoms with Crippen molar-refractivity contribution in [3.8, 4) is 0 Å². The number of ether oxygens (including phenoxy) is 2. The van der Waals surface area contributed by atoms with Crippen molar-refractivity contribution < 1.29 is 27.4 Å². The Hall–Kier alpha value is -1.76. The van der Waals surface area contributed by atoms with E-state index >= 15 is 0 Å². The molecule has 0 aliphatic carbocycles. The Balaban J connectivity index is 2.46. The minimum absolute atomic E-state index is 0.194. The fourth-order valence-electron chi connectivity index (χ4n) is 1.31. The molecule has 0 fully saturated rings. The van der Waals surface area contributed by atoms with E-state index in [1.165, 1.54) is 12.1 Å². The number of alkyl halides is 3. The maximum absolute atomic E-state index is 11.6. The summed E-state index contributed by atoms with van der Waals surface area (Å²) >= 11 is 0. The van der Waals surface area contributed by atoms with Gasteiger partial charge in [0.15, 0.2) is 0 Å². The molecule has 0 radical (unpaired) electrons. The van der Waals surface area contributed by atoms with E-state index < -0.39 is 25.5 Å². The Morgan fingerprint density at radius 1 is 1.28 bits per heavy atom. The zero-order valence-electron chi connectivity index (χ0n) is 9.58. The second-order valence-electron chi connectivity index (χ2n) is 3.56. The molecule has 0 bridgehead atoms. The summed E-state index contributed by atoms with van der Waals surface area (Å²) < 4.78 is 43.0. The number of benzene rings is 1. The fraction of sp³-hybridized carbons (Fsp3) is 0.364. The lowest BCUT2D eigenvalue weighted by atomic mass is 10.1. The summed E-state index contributed by atoms with van der Waals surface area (Å²) in [4.78, 5) is 11.5. The van der Waals surface area contributed by atoms with Gasteiger partial charge in [0, 0.05) is 5.69 Å². The van der Waals surface area contributed by atoms with Crippen LogP contribution in [-0.4, -0.2) is 25.5 Å². The molecule has 0 aliphatic heterocycles. The van der Waals surface area contributed by atoms with E-state index in [1.54, 1.807) is 13.0 Å². The van der Waals surface area contributed by atoms with Gasteiger partial charge < -0.3 is 10.5 Å². The Kier molecular flexibility index (Phi) is 4.55. The van der Waals surface area contributed by atoms with Crippen LogP contribution >= 0.6 is 0 Å². The quantitative estimate of drug-likeness (QED) is 0.514. The van der Waals surface area contributed by atoms with Gasteiger partial charge >= 0.3 is 12.3 Å². The fourth-order valence-corrected chi connectivity index (χ4v) is 1.31. The standard InChI is InChI=1S/C11H12F3NO3/c1-7-4-8(6-9(15)5-7)10(16)17-2-3-18-11(12,13)14/h4-6H,2-3,15H2,1H3. The first-order chi connectivity index (χ1) is 8.28. The second kappa shape index (κ2) is 5.72. The molecule has 2 N–H and O–H groups in total. The Morgan fingerprint density at radius 2 is 1.94 bits per heavy atom. The van der Waals surface area contributed by atoms with Gasteiger partial charge in [0.2, 0.25) is 0 Å². The largest absolute Gasteiger partial charge is 0.522 e. The summed E-state index contributed by atoms with van der Waals surface area (Å²) in [6.07, 6.45) is -4.72. The number of hydrogen-bond acceptors (Lipinski definition) is 4. The van der Waals surface area contributed by atoms with Gasteiger partial charge in [-0.3, -0.25) is 4.74 Å². The van der Waals surface area contributed by atoms with Crippen LogP contribution < -0.4 is 5.73 Å². The van der Waals surface area contributed by atoms with Gasteiger partial charge in [0.1, 0.15) is 6.61 Å². The minimum Gasteiger partial charge on any atom is -0.460 e.